The SMILES string of the molecule is Cc1ccn2c(=O)cc(CSc3nc4sccc4c(=O)n3-c3ccccc3)nc2c1. The molecule has 0 saturated carbocycles. The molecule has 5 rings (SSSR count). The fourth-order valence-electron chi connectivity index (χ4n) is 3.26. The number of rotatable bonds is 4. The van der Waals surface area contributed by atoms with Crippen molar-refractivity contribution < 1.29 is 0 Å². The number of hydrogen-bond donors (Lipinski definition) is 0. The number of aryl methyl sites for hydroxylation is 1. The molecule has 8 heteroatoms. The first kappa shape index (κ1) is 18.8. The van der Waals surface area contributed by atoms with Crippen LogP contribution in [-0.2, 0) is 5.75 Å². The van der Waals surface area contributed by atoms with Crippen LogP contribution in [0.1, 0.15) is 11.3 Å². The fourth-order valence-corrected chi connectivity index (χ4v) is 4.97. The molecule has 4 heterocycles. The molecule has 0 fully saturated rings. The first-order chi connectivity index (χ1) is 14.6. The Morgan fingerprint density at radius 2 is 1.87 bits per heavy atom. The second-order valence-corrected chi connectivity index (χ2v) is 8.65. The van der Waals surface area contributed by atoms with Crippen molar-refractivity contribution in [2.24, 2.45) is 0 Å². The van der Waals surface area contributed by atoms with Gasteiger partial charge in [0.05, 0.1) is 16.8 Å². The molecule has 0 unspecified atom stereocenters. The van der Waals surface area contributed by atoms with Gasteiger partial charge < -0.3 is 0 Å². The Morgan fingerprint density at radius 3 is 2.70 bits per heavy atom. The molecule has 0 N–H and O–H groups in total. The summed E-state index contributed by atoms with van der Waals surface area (Å²) in [4.78, 5) is 35.6. The molecule has 6 nitrogen and oxygen atoms in total. The van der Waals surface area contributed by atoms with Gasteiger partial charge in [-0.3, -0.25) is 18.6 Å². The average Bonchev–Trinajstić information content (AvgIpc) is 3.21. The van der Waals surface area contributed by atoms with Gasteiger partial charge in [0.15, 0.2) is 5.16 Å². The predicted octanol–water partition coefficient (Wildman–Crippen LogP) is 4.06. The second kappa shape index (κ2) is 7.55. The van der Waals surface area contributed by atoms with Crippen molar-refractivity contribution in [1.82, 2.24) is 18.9 Å². The molecular weight excluding hydrogens is 416 g/mol. The summed E-state index contributed by atoms with van der Waals surface area (Å²) in [6.07, 6.45) is 1.73. The van der Waals surface area contributed by atoms with Gasteiger partial charge in [0.2, 0.25) is 0 Å². The van der Waals surface area contributed by atoms with E-state index in [-0.39, 0.29) is 11.1 Å². The number of fused-ring (bicyclic) bond motifs is 2. The van der Waals surface area contributed by atoms with Crippen molar-refractivity contribution in [2.45, 2.75) is 17.8 Å². The number of pyridine rings is 1. The average molecular weight is 433 g/mol. The highest BCUT2D eigenvalue weighted by Crippen LogP contribution is 2.25. The van der Waals surface area contributed by atoms with Gasteiger partial charge in [-0.2, -0.15) is 0 Å². The highest BCUT2D eigenvalue weighted by molar-refractivity contribution is 7.98. The third kappa shape index (κ3) is 3.34. The van der Waals surface area contributed by atoms with Crippen LogP contribution in [-0.4, -0.2) is 18.9 Å². The van der Waals surface area contributed by atoms with Gasteiger partial charge >= 0.3 is 0 Å². The van der Waals surface area contributed by atoms with Gasteiger partial charge in [-0.1, -0.05) is 30.0 Å². The molecule has 5 aromatic rings. The van der Waals surface area contributed by atoms with E-state index in [4.69, 9.17) is 4.98 Å². The van der Waals surface area contributed by atoms with Gasteiger partial charge in [-0.05, 0) is 48.2 Å². The molecule has 30 heavy (non-hydrogen) atoms. The molecule has 0 saturated heterocycles. The van der Waals surface area contributed by atoms with E-state index in [9.17, 15) is 9.59 Å². The van der Waals surface area contributed by atoms with Crippen molar-refractivity contribution in [2.75, 3.05) is 0 Å². The number of thioether (sulfide) groups is 1. The van der Waals surface area contributed by atoms with Crippen LogP contribution in [0.3, 0.4) is 0 Å². The summed E-state index contributed by atoms with van der Waals surface area (Å²) >= 11 is 2.84. The highest BCUT2D eigenvalue weighted by atomic mass is 32.2. The highest BCUT2D eigenvalue weighted by Gasteiger charge is 2.15. The maximum Gasteiger partial charge on any atom is 0.267 e. The third-order valence-electron chi connectivity index (χ3n) is 4.71. The van der Waals surface area contributed by atoms with E-state index in [1.165, 1.54) is 33.6 Å². The first-order valence-electron chi connectivity index (χ1n) is 9.27. The maximum atomic E-state index is 13.1. The number of para-hydroxylation sites is 1. The van der Waals surface area contributed by atoms with Crippen molar-refractivity contribution in [3.05, 3.63) is 98.1 Å². The Hall–Kier alpha value is -3.23. The van der Waals surface area contributed by atoms with Gasteiger partial charge in [0.25, 0.3) is 11.1 Å². The minimum absolute atomic E-state index is 0.0999. The Kier molecular flexibility index (Phi) is 4.72. The summed E-state index contributed by atoms with van der Waals surface area (Å²) in [5.74, 6) is 0.426. The standard InChI is InChI=1S/C22H16N4O2S2/c1-14-7-9-25-18(11-14)23-15(12-19(25)27)13-30-22-24-20-17(8-10-29-20)21(28)26(22)16-5-3-2-4-6-16/h2-12H,13H2,1H3. The molecule has 0 bridgehead atoms. The molecule has 4 aromatic heterocycles. The summed E-state index contributed by atoms with van der Waals surface area (Å²) in [6, 6.07) is 16.6. The minimum Gasteiger partial charge on any atom is -0.269 e. The van der Waals surface area contributed by atoms with Crippen LogP contribution in [0.15, 0.2) is 80.9 Å². The van der Waals surface area contributed by atoms with Crippen LogP contribution >= 0.6 is 23.1 Å². The molecule has 0 aliphatic carbocycles. The third-order valence-corrected chi connectivity index (χ3v) is 6.48. The van der Waals surface area contributed by atoms with E-state index in [0.29, 0.717) is 32.5 Å². The van der Waals surface area contributed by atoms with Gasteiger partial charge in [-0.25, -0.2) is 9.97 Å². The monoisotopic (exact) mass is 432 g/mol. The Bertz CT molecular complexity index is 1500. The van der Waals surface area contributed by atoms with Crippen LogP contribution < -0.4 is 11.1 Å². The van der Waals surface area contributed by atoms with Gasteiger partial charge in [0, 0.05) is 18.0 Å². The molecular formula is C22H16N4O2S2. The van der Waals surface area contributed by atoms with Crippen molar-refractivity contribution in [3.8, 4) is 5.69 Å². The number of thiophene rings is 1. The molecule has 0 atom stereocenters. The smallest absolute Gasteiger partial charge is 0.267 e. The predicted molar refractivity (Wildman–Crippen MR) is 121 cm³/mol. The molecule has 0 aliphatic heterocycles. The lowest BCUT2D eigenvalue weighted by Crippen LogP contribution is -2.21. The lowest BCUT2D eigenvalue weighted by atomic mass is 10.3. The summed E-state index contributed by atoms with van der Waals surface area (Å²) in [5, 5.41) is 3.05. The Labute approximate surface area is 179 Å². The van der Waals surface area contributed by atoms with Gasteiger partial charge in [-0.15, -0.1) is 11.3 Å². The molecule has 0 amide bonds. The van der Waals surface area contributed by atoms with E-state index < -0.39 is 0 Å². The quantitative estimate of drug-likeness (QED) is 0.316. The Morgan fingerprint density at radius 1 is 1.03 bits per heavy atom. The molecule has 0 aliphatic rings. The molecule has 1 aromatic carbocycles. The summed E-state index contributed by atoms with van der Waals surface area (Å²) in [6.45, 7) is 1.96. The van der Waals surface area contributed by atoms with Crippen LogP contribution in [0.25, 0.3) is 21.6 Å². The number of hydrogen-bond acceptors (Lipinski definition) is 6. The molecule has 0 spiro atoms. The lowest BCUT2D eigenvalue weighted by Gasteiger charge is -2.12. The van der Waals surface area contributed by atoms with E-state index in [1.54, 1.807) is 16.8 Å². The van der Waals surface area contributed by atoms with Crippen LogP contribution in [0.2, 0.25) is 0 Å². The summed E-state index contributed by atoms with van der Waals surface area (Å²) < 4.78 is 3.15. The van der Waals surface area contributed by atoms with Crippen molar-refractivity contribution >= 4 is 39.0 Å². The number of aromatic nitrogens is 4. The zero-order valence-corrected chi connectivity index (χ0v) is 17.6. The molecule has 0 radical (unpaired) electrons. The van der Waals surface area contributed by atoms with Crippen LogP contribution in [0, 0.1) is 6.92 Å². The summed E-state index contributed by atoms with van der Waals surface area (Å²) in [5.41, 5.74) is 2.83. The summed E-state index contributed by atoms with van der Waals surface area (Å²) in [7, 11) is 0. The maximum absolute atomic E-state index is 13.1. The van der Waals surface area contributed by atoms with Crippen LogP contribution in [0.5, 0.6) is 0 Å². The zero-order chi connectivity index (χ0) is 20.7. The van der Waals surface area contributed by atoms with E-state index >= 15 is 0 Å². The van der Waals surface area contributed by atoms with Crippen molar-refractivity contribution in [1.29, 1.82) is 0 Å². The normalized spacial score (nSPS) is 11.4. The van der Waals surface area contributed by atoms with Crippen LogP contribution in [0.4, 0.5) is 0 Å². The van der Waals surface area contributed by atoms with E-state index in [2.05, 4.69) is 4.98 Å². The zero-order valence-electron chi connectivity index (χ0n) is 16.0. The largest absolute Gasteiger partial charge is 0.269 e. The van der Waals surface area contributed by atoms with E-state index in [0.717, 1.165) is 11.3 Å². The molecule has 148 valence electrons. The topological polar surface area (TPSA) is 69.3 Å². The number of nitrogens with zero attached hydrogens (tertiary/aromatic N) is 4. The first-order valence-corrected chi connectivity index (χ1v) is 11.1. The van der Waals surface area contributed by atoms with E-state index in [1.807, 2.05) is 54.8 Å². The second-order valence-electron chi connectivity index (χ2n) is 6.82. The van der Waals surface area contributed by atoms with Gasteiger partial charge in [0.1, 0.15) is 10.5 Å². The number of benzene rings is 1. The fraction of sp³-hybridized carbons (Fsp3) is 0.0909. The Balaban J connectivity index is 1.58. The lowest BCUT2D eigenvalue weighted by molar-refractivity contribution is 0.822. The minimum atomic E-state index is -0.127. The van der Waals surface area contributed by atoms with Crippen molar-refractivity contribution in [3.63, 3.8) is 0 Å².